The van der Waals surface area contributed by atoms with E-state index in [1.54, 1.807) is 6.20 Å². The molecule has 1 aromatic carbocycles. The van der Waals surface area contributed by atoms with Crippen LogP contribution < -0.4 is 10.6 Å². The molecule has 3 rings (SSSR count). The fourth-order valence-corrected chi connectivity index (χ4v) is 3.02. The standard InChI is InChI=1S/C19H26N6.HI/c1-4-20-19(22-13-15-9-12-23-25(15)3)21-11-10-16-14(2)24-18-8-6-5-7-17(16)18;/h5-9,12,24H,4,10-11,13H2,1-3H3,(H2,20,21,22);1H. The summed E-state index contributed by atoms with van der Waals surface area (Å²) < 4.78 is 1.85. The molecule has 26 heavy (non-hydrogen) atoms. The average molecular weight is 466 g/mol. The van der Waals surface area contributed by atoms with Crippen molar-refractivity contribution in [1.29, 1.82) is 0 Å². The predicted octanol–water partition coefficient (Wildman–Crippen LogP) is 3.13. The van der Waals surface area contributed by atoms with E-state index in [4.69, 9.17) is 0 Å². The number of para-hydroxylation sites is 1. The SMILES string of the molecule is CCNC(=NCc1ccnn1C)NCCc1c(C)[nH]c2ccccc12.I. The van der Waals surface area contributed by atoms with Crippen LogP contribution in [-0.2, 0) is 20.0 Å². The molecule has 2 heterocycles. The van der Waals surface area contributed by atoms with Gasteiger partial charge in [-0.2, -0.15) is 5.10 Å². The first-order chi connectivity index (χ1) is 12.2. The minimum Gasteiger partial charge on any atom is -0.358 e. The van der Waals surface area contributed by atoms with Gasteiger partial charge in [-0.15, -0.1) is 24.0 Å². The molecule has 0 spiro atoms. The van der Waals surface area contributed by atoms with Gasteiger partial charge in [0.2, 0.25) is 0 Å². The molecule has 0 fully saturated rings. The third-order valence-electron chi connectivity index (χ3n) is 4.36. The summed E-state index contributed by atoms with van der Waals surface area (Å²) in [5.41, 5.74) is 4.89. The minimum atomic E-state index is 0. The molecule has 0 atom stereocenters. The van der Waals surface area contributed by atoms with Crippen LogP contribution in [0.2, 0.25) is 0 Å². The van der Waals surface area contributed by atoms with E-state index in [-0.39, 0.29) is 24.0 Å². The summed E-state index contributed by atoms with van der Waals surface area (Å²) >= 11 is 0. The minimum absolute atomic E-state index is 0. The van der Waals surface area contributed by atoms with Crippen LogP contribution >= 0.6 is 24.0 Å². The van der Waals surface area contributed by atoms with Gasteiger partial charge in [-0.3, -0.25) is 4.68 Å². The van der Waals surface area contributed by atoms with Crippen LogP contribution in [-0.4, -0.2) is 33.8 Å². The molecule has 3 N–H and O–H groups in total. The second-order valence-corrected chi connectivity index (χ2v) is 6.09. The van der Waals surface area contributed by atoms with Crippen molar-refractivity contribution in [3.05, 3.63) is 53.5 Å². The molecule has 0 unspecified atom stereocenters. The zero-order valence-corrected chi connectivity index (χ0v) is 17.9. The van der Waals surface area contributed by atoms with Gasteiger partial charge in [0, 0.05) is 42.9 Å². The summed E-state index contributed by atoms with van der Waals surface area (Å²) in [5, 5.41) is 12.2. The summed E-state index contributed by atoms with van der Waals surface area (Å²) in [6.07, 6.45) is 2.75. The number of hydrogen-bond donors (Lipinski definition) is 3. The number of hydrogen-bond acceptors (Lipinski definition) is 2. The van der Waals surface area contributed by atoms with E-state index in [0.29, 0.717) is 6.54 Å². The molecule has 140 valence electrons. The maximum Gasteiger partial charge on any atom is 0.191 e. The van der Waals surface area contributed by atoms with Crippen LogP contribution in [0.5, 0.6) is 0 Å². The molecule has 2 aromatic heterocycles. The van der Waals surface area contributed by atoms with Gasteiger partial charge in [0.15, 0.2) is 5.96 Å². The van der Waals surface area contributed by atoms with Crippen LogP contribution in [0.4, 0.5) is 0 Å². The Bertz CT molecular complexity index is 864. The number of H-pyrrole nitrogens is 1. The van der Waals surface area contributed by atoms with Crippen molar-refractivity contribution in [1.82, 2.24) is 25.4 Å². The van der Waals surface area contributed by atoms with Gasteiger partial charge < -0.3 is 15.6 Å². The van der Waals surface area contributed by atoms with Crippen LogP contribution in [0, 0.1) is 6.92 Å². The fraction of sp³-hybridized carbons (Fsp3) is 0.368. The summed E-state index contributed by atoms with van der Waals surface area (Å²) in [6.45, 7) is 6.49. The number of halogens is 1. The highest BCUT2D eigenvalue weighted by atomic mass is 127. The van der Waals surface area contributed by atoms with Gasteiger partial charge in [0.25, 0.3) is 0 Å². The van der Waals surface area contributed by atoms with Gasteiger partial charge >= 0.3 is 0 Å². The van der Waals surface area contributed by atoms with E-state index in [0.717, 1.165) is 31.2 Å². The Morgan fingerprint density at radius 3 is 2.77 bits per heavy atom. The lowest BCUT2D eigenvalue weighted by Crippen LogP contribution is -2.38. The van der Waals surface area contributed by atoms with E-state index < -0.39 is 0 Å². The first-order valence-electron chi connectivity index (χ1n) is 8.74. The third kappa shape index (κ3) is 4.78. The highest BCUT2D eigenvalue weighted by molar-refractivity contribution is 14.0. The Balaban J connectivity index is 0.00000243. The summed E-state index contributed by atoms with van der Waals surface area (Å²) in [4.78, 5) is 8.10. The van der Waals surface area contributed by atoms with Gasteiger partial charge in [-0.25, -0.2) is 4.99 Å². The van der Waals surface area contributed by atoms with Crippen molar-refractivity contribution in [2.75, 3.05) is 13.1 Å². The molecule has 0 aliphatic carbocycles. The average Bonchev–Trinajstić information content (AvgIpc) is 3.15. The van der Waals surface area contributed by atoms with Gasteiger partial charge in [-0.05, 0) is 38.0 Å². The van der Waals surface area contributed by atoms with Crippen LogP contribution in [0.3, 0.4) is 0 Å². The number of aryl methyl sites for hydroxylation is 2. The third-order valence-corrected chi connectivity index (χ3v) is 4.36. The maximum absolute atomic E-state index is 4.65. The topological polar surface area (TPSA) is 70.0 Å². The zero-order valence-electron chi connectivity index (χ0n) is 15.5. The summed E-state index contributed by atoms with van der Waals surface area (Å²) in [5.74, 6) is 0.834. The molecule has 3 aromatic rings. The number of rotatable bonds is 6. The molecule has 0 radical (unpaired) electrons. The number of nitrogens with one attached hydrogen (secondary N) is 3. The molecule has 7 heteroatoms. The van der Waals surface area contributed by atoms with E-state index in [1.165, 1.54) is 22.2 Å². The normalized spacial score (nSPS) is 11.4. The number of nitrogens with zero attached hydrogens (tertiary/aromatic N) is 3. The smallest absolute Gasteiger partial charge is 0.191 e. The molecular weight excluding hydrogens is 439 g/mol. The molecule has 0 saturated heterocycles. The molecule has 0 amide bonds. The van der Waals surface area contributed by atoms with Gasteiger partial charge in [0.05, 0.1) is 12.2 Å². The van der Waals surface area contributed by atoms with Crippen molar-refractivity contribution in [3.8, 4) is 0 Å². The van der Waals surface area contributed by atoms with E-state index in [2.05, 4.69) is 63.8 Å². The van der Waals surface area contributed by atoms with Crippen LogP contribution in [0.1, 0.15) is 23.9 Å². The second-order valence-electron chi connectivity index (χ2n) is 6.09. The summed E-state index contributed by atoms with van der Waals surface area (Å²) in [6, 6.07) is 10.4. The van der Waals surface area contributed by atoms with E-state index in [1.807, 2.05) is 17.8 Å². The molecule has 6 nitrogen and oxygen atoms in total. The molecule has 0 saturated carbocycles. The molecule has 0 aliphatic heterocycles. The number of aromatic nitrogens is 3. The van der Waals surface area contributed by atoms with Crippen LogP contribution in [0.15, 0.2) is 41.5 Å². The Labute approximate surface area is 171 Å². The Hall–Kier alpha value is -2.03. The highest BCUT2D eigenvalue weighted by Gasteiger charge is 2.08. The Morgan fingerprint density at radius 2 is 2.04 bits per heavy atom. The lowest BCUT2D eigenvalue weighted by Gasteiger charge is -2.11. The molecular formula is C19H27IN6. The summed E-state index contributed by atoms with van der Waals surface area (Å²) in [7, 11) is 1.94. The van der Waals surface area contributed by atoms with Crippen molar-refractivity contribution in [2.45, 2.75) is 26.8 Å². The number of benzene rings is 1. The Kier molecular flexibility index (Phi) is 7.50. The largest absolute Gasteiger partial charge is 0.358 e. The number of aliphatic imine (C=N–C) groups is 1. The van der Waals surface area contributed by atoms with Crippen molar-refractivity contribution >= 4 is 40.8 Å². The fourth-order valence-electron chi connectivity index (χ4n) is 3.02. The number of guanidine groups is 1. The zero-order chi connectivity index (χ0) is 17.6. The second kappa shape index (κ2) is 9.61. The van der Waals surface area contributed by atoms with Crippen LogP contribution in [0.25, 0.3) is 10.9 Å². The van der Waals surface area contributed by atoms with Gasteiger partial charge in [0.1, 0.15) is 0 Å². The van der Waals surface area contributed by atoms with E-state index >= 15 is 0 Å². The highest BCUT2D eigenvalue weighted by Crippen LogP contribution is 2.21. The van der Waals surface area contributed by atoms with Crippen molar-refractivity contribution < 1.29 is 0 Å². The number of fused-ring (bicyclic) bond motifs is 1. The first-order valence-corrected chi connectivity index (χ1v) is 8.74. The Morgan fingerprint density at radius 1 is 1.23 bits per heavy atom. The lowest BCUT2D eigenvalue weighted by atomic mass is 10.1. The van der Waals surface area contributed by atoms with Crippen molar-refractivity contribution in [3.63, 3.8) is 0 Å². The predicted molar refractivity (Wildman–Crippen MR) is 118 cm³/mol. The first kappa shape index (κ1) is 20.3. The molecule has 0 aliphatic rings. The van der Waals surface area contributed by atoms with Crippen molar-refractivity contribution in [2.24, 2.45) is 12.0 Å². The van der Waals surface area contributed by atoms with Gasteiger partial charge in [-0.1, -0.05) is 18.2 Å². The number of aromatic amines is 1. The monoisotopic (exact) mass is 466 g/mol. The lowest BCUT2D eigenvalue weighted by molar-refractivity contribution is 0.707. The molecule has 0 bridgehead atoms. The quantitative estimate of drug-likeness (QED) is 0.297. The maximum atomic E-state index is 4.65. The van der Waals surface area contributed by atoms with E-state index in [9.17, 15) is 0 Å².